The number of hydrogen-bond donors (Lipinski definition) is 3. The molecule has 0 aliphatic heterocycles. The predicted molar refractivity (Wildman–Crippen MR) is 121 cm³/mol. The Labute approximate surface area is 177 Å². The van der Waals surface area contributed by atoms with E-state index in [0.29, 0.717) is 19.1 Å². The average molecular weight is 485 g/mol. The molecule has 0 aliphatic rings. The summed E-state index contributed by atoms with van der Waals surface area (Å²) in [5.41, 5.74) is -0.465. The summed E-state index contributed by atoms with van der Waals surface area (Å²) < 4.78 is 5.19. The van der Waals surface area contributed by atoms with Gasteiger partial charge in [-0.15, -0.1) is 24.0 Å². The molecule has 3 N–H and O–H groups in total. The summed E-state index contributed by atoms with van der Waals surface area (Å²) in [5, 5.41) is 9.33. The molecule has 0 fully saturated rings. The summed E-state index contributed by atoms with van der Waals surface area (Å²) in [6.07, 6.45) is 1.53. The normalized spacial score (nSPS) is 13.0. The summed E-state index contributed by atoms with van der Waals surface area (Å²) >= 11 is 0. The van der Waals surface area contributed by atoms with E-state index in [1.54, 1.807) is 0 Å². The van der Waals surface area contributed by atoms with E-state index in [9.17, 15) is 4.79 Å². The van der Waals surface area contributed by atoms with Gasteiger partial charge in [0.15, 0.2) is 5.96 Å². The summed E-state index contributed by atoms with van der Waals surface area (Å²) in [5.74, 6) is 0.817. The molecule has 8 heteroatoms. The van der Waals surface area contributed by atoms with Gasteiger partial charge in [0.25, 0.3) is 0 Å². The summed E-state index contributed by atoms with van der Waals surface area (Å²) in [7, 11) is 2.14. The Kier molecular flexibility index (Phi) is 16.2. The number of guanidine groups is 1. The molecule has 0 saturated carbocycles. The van der Waals surface area contributed by atoms with Crippen molar-refractivity contribution in [3.05, 3.63) is 0 Å². The van der Waals surface area contributed by atoms with E-state index in [4.69, 9.17) is 4.74 Å². The summed E-state index contributed by atoms with van der Waals surface area (Å²) in [4.78, 5) is 18.4. The Hall–Kier alpha value is -0.770. The molecule has 0 bridgehead atoms. The summed E-state index contributed by atoms with van der Waals surface area (Å²) in [6, 6.07) is 0.584. The highest BCUT2D eigenvalue weighted by molar-refractivity contribution is 14.0. The number of nitrogens with one attached hydrogen (secondary N) is 3. The van der Waals surface area contributed by atoms with E-state index in [1.807, 2.05) is 27.7 Å². The SMILES string of the molecule is CCNC(=NCCCNC(=O)OC(C)(C)C)NCCN(C)C(C)CC.I. The number of amides is 1. The third-order valence-electron chi connectivity index (χ3n) is 3.72. The molecule has 0 radical (unpaired) electrons. The van der Waals surface area contributed by atoms with E-state index in [0.717, 1.165) is 38.4 Å². The van der Waals surface area contributed by atoms with Gasteiger partial charge in [0, 0.05) is 38.8 Å². The fraction of sp³-hybridized carbons (Fsp3) is 0.889. The second-order valence-electron chi connectivity index (χ2n) is 7.21. The summed E-state index contributed by atoms with van der Waals surface area (Å²) in [6.45, 7) is 15.9. The number of nitrogens with zero attached hydrogens (tertiary/aromatic N) is 2. The van der Waals surface area contributed by atoms with Crippen LogP contribution in [0.3, 0.4) is 0 Å². The molecule has 0 aromatic carbocycles. The maximum atomic E-state index is 11.5. The zero-order chi connectivity index (χ0) is 19.3. The van der Waals surface area contributed by atoms with Crippen LogP contribution in [0.4, 0.5) is 4.79 Å². The number of rotatable bonds is 10. The molecule has 26 heavy (non-hydrogen) atoms. The minimum absolute atomic E-state index is 0. The van der Waals surface area contributed by atoms with Gasteiger partial charge in [-0.2, -0.15) is 0 Å². The molecule has 0 aromatic heterocycles. The molecule has 1 unspecified atom stereocenters. The number of carbonyl (C=O) groups is 1. The van der Waals surface area contributed by atoms with Crippen molar-refractivity contribution >= 4 is 36.0 Å². The van der Waals surface area contributed by atoms with Crippen LogP contribution >= 0.6 is 24.0 Å². The topological polar surface area (TPSA) is 78.0 Å². The highest BCUT2D eigenvalue weighted by Crippen LogP contribution is 2.06. The Bertz CT molecular complexity index is 400. The first-order valence-electron chi connectivity index (χ1n) is 9.38. The molecule has 0 saturated heterocycles. The standard InChI is InChI=1S/C18H39N5O2.HI/c1-8-15(3)23(7)14-13-21-16(19-9-2)20-11-10-12-22-17(24)25-18(4,5)6;/h15H,8-14H2,1-7H3,(H,22,24)(H2,19,20,21);1H. The average Bonchev–Trinajstić information content (AvgIpc) is 2.51. The van der Waals surface area contributed by atoms with Gasteiger partial charge >= 0.3 is 6.09 Å². The molecule has 156 valence electrons. The van der Waals surface area contributed by atoms with Crippen LogP contribution in [0.1, 0.15) is 54.4 Å². The maximum Gasteiger partial charge on any atom is 0.407 e. The molecule has 1 amide bonds. The number of halogens is 1. The Morgan fingerprint density at radius 1 is 1.15 bits per heavy atom. The smallest absolute Gasteiger partial charge is 0.407 e. The van der Waals surface area contributed by atoms with E-state index in [1.165, 1.54) is 0 Å². The van der Waals surface area contributed by atoms with Gasteiger partial charge in [0.2, 0.25) is 0 Å². The predicted octanol–water partition coefficient (Wildman–Crippen LogP) is 2.80. The van der Waals surface area contributed by atoms with Gasteiger partial charge in [0.05, 0.1) is 0 Å². The van der Waals surface area contributed by atoms with Crippen molar-refractivity contribution in [3.63, 3.8) is 0 Å². The van der Waals surface area contributed by atoms with Gasteiger partial charge in [-0.25, -0.2) is 4.79 Å². The van der Waals surface area contributed by atoms with Crippen LogP contribution in [0.25, 0.3) is 0 Å². The lowest BCUT2D eigenvalue weighted by atomic mass is 10.2. The lowest BCUT2D eigenvalue weighted by Gasteiger charge is -2.24. The molecule has 0 spiro atoms. The van der Waals surface area contributed by atoms with Crippen molar-refractivity contribution in [3.8, 4) is 0 Å². The maximum absolute atomic E-state index is 11.5. The second kappa shape index (κ2) is 15.3. The fourth-order valence-electron chi connectivity index (χ4n) is 2.00. The number of likely N-dealkylation sites (N-methyl/N-ethyl adjacent to an activating group) is 1. The first kappa shape index (κ1) is 27.4. The number of carbonyl (C=O) groups excluding carboxylic acids is 1. The first-order chi connectivity index (χ1) is 11.7. The van der Waals surface area contributed by atoms with Crippen LogP contribution in [0.15, 0.2) is 4.99 Å². The van der Waals surface area contributed by atoms with Crippen molar-refractivity contribution in [1.82, 2.24) is 20.9 Å². The van der Waals surface area contributed by atoms with E-state index in [-0.39, 0.29) is 30.1 Å². The van der Waals surface area contributed by atoms with Gasteiger partial charge < -0.3 is 25.6 Å². The third kappa shape index (κ3) is 15.5. The molecule has 7 nitrogen and oxygen atoms in total. The lowest BCUT2D eigenvalue weighted by molar-refractivity contribution is 0.0527. The number of alkyl carbamates (subject to hydrolysis) is 1. The van der Waals surface area contributed by atoms with Crippen molar-refractivity contribution in [2.24, 2.45) is 4.99 Å². The van der Waals surface area contributed by atoms with Crippen molar-refractivity contribution in [1.29, 1.82) is 0 Å². The molecule has 0 rings (SSSR count). The highest BCUT2D eigenvalue weighted by Gasteiger charge is 2.15. The Balaban J connectivity index is 0. The highest BCUT2D eigenvalue weighted by atomic mass is 127. The third-order valence-corrected chi connectivity index (χ3v) is 3.72. The van der Waals surface area contributed by atoms with Gasteiger partial charge in [-0.3, -0.25) is 4.99 Å². The van der Waals surface area contributed by atoms with E-state index < -0.39 is 5.60 Å². The Morgan fingerprint density at radius 2 is 1.81 bits per heavy atom. The zero-order valence-electron chi connectivity index (χ0n) is 17.6. The van der Waals surface area contributed by atoms with E-state index in [2.05, 4.69) is 46.7 Å². The molecule has 0 aliphatic carbocycles. The minimum Gasteiger partial charge on any atom is -0.444 e. The first-order valence-corrected chi connectivity index (χ1v) is 9.38. The largest absolute Gasteiger partial charge is 0.444 e. The van der Waals surface area contributed by atoms with Crippen LogP contribution in [0.5, 0.6) is 0 Å². The minimum atomic E-state index is -0.465. The number of hydrogen-bond acceptors (Lipinski definition) is 4. The monoisotopic (exact) mass is 485 g/mol. The van der Waals surface area contributed by atoms with Crippen molar-refractivity contribution < 1.29 is 9.53 Å². The van der Waals surface area contributed by atoms with Crippen LogP contribution < -0.4 is 16.0 Å². The van der Waals surface area contributed by atoms with Crippen LogP contribution in [0, 0.1) is 0 Å². The quantitative estimate of drug-likeness (QED) is 0.192. The molecule has 0 heterocycles. The van der Waals surface area contributed by atoms with Crippen LogP contribution in [-0.2, 0) is 4.74 Å². The zero-order valence-corrected chi connectivity index (χ0v) is 20.0. The van der Waals surface area contributed by atoms with Crippen LogP contribution in [0.2, 0.25) is 0 Å². The Morgan fingerprint density at radius 3 is 2.35 bits per heavy atom. The van der Waals surface area contributed by atoms with Crippen molar-refractivity contribution in [2.75, 3.05) is 39.8 Å². The molecular weight excluding hydrogens is 445 g/mol. The second-order valence-corrected chi connectivity index (χ2v) is 7.21. The molecule has 1 atom stereocenters. The van der Waals surface area contributed by atoms with E-state index >= 15 is 0 Å². The van der Waals surface area contributed by atoms with Crippen molar-refractivity contribution in [2.45, 2.75) is 66.0 Å². The number of ether oxygens (including phenoxy) is 1. The van der Waals surface area contributed by atoms with Gasteiger partial charge in [-0.1, -0.05) is 6.92 Å². The molecule has 0 aromatic rings. The molecular formula is C18H40IN5O2. The number of aliphatic imine (C=N–C) groups is 1. The fourth-order valence-corrected chi connectivity index (χ4v) is 2.00. The van der Waals surface area contributed by atoms with Crippen LogP contribution in [-0.4, -0.2) is 68.4 Å². The van der Waals surface area contributed by atoms with Gasteiger partial charge in [0.1, 0.15) is 5.60 Å². The van der Waals surface area contributed by atoms with Gasteiger partial charge in [-0.05, 0) is 54.5 Å². The lowest BCUT2D eigenvalue weighted by Crippen LogP contribution is -2.42.